The van der Waals surface area contributed by atoms with Crippen LogP contribution in [0.3, 0.4) is 0 Å². The Morgan fingerprint density at radius 2 is 2.15 bits per heavy atom. The van der Waals surface area contributed by atoms with Gasteiger partial charge in [0.1, 0.15) is 0 Å². The predicted molar refractivity (Wildman–Crippen MR) is 53.7 cm³/mol. The van der Waals surface area contributed by atoms with Crippen molar-refractivity contribution in [1.82, 2.24) is 4.98 Å². The van der Waals surface area contributed by atoms with E-state index >= 15 is 0 Å². The average Bonchev–Trinajstić information content (AvgIpc) is 2.08. The lowest BCUT2D eigenvalue weighted by atomic mass is 9.98. The molecular formula is C9H12BrFN2. The van der Waals surface area contributed by atoms with Crippen molar-refractivity contribution in [1.29, 1.82) is 0 Å². The van der Waals surface area contributed by atoms with Gasteiger partial charge in [-0.05, 0) is 27.9 Å². The Balaban J connectivity index is 3.05. The van der Waals surface area contributed by atoms with Crippen LogP contribution < -0.4 is 5.73 Å². The Labute approximate surface area is 85.5 Å². The molecule has 0 fully saturated rings. The van der Waals surface area contributed by atoms with Crippen LogP contribution in [0.4, 0.5) is 4.39 Å². The van der Waals surface area contributed by atoms with Gasteiger partial charge in [-0.1, -0.05) is 13.8 Å². The van der Waals surface area contributed by atoms with Gasteiger partial charge in [0.25, 0.3) is 0 Å². The standard InChI is InChI=1S/C9H12BrFN2/c1-5(2)8(12)7-3-6(10)4-13-9(7)11/h3-5,8H,12H2,1-2H3/t8-/m1/s1. The highest BCUT2D eigenvalue weighted by atomic mass is 79.9. The summed E-state index contributed by atoms with van der Waals surface area (Å²) in [5, 5.41) is 0. The van der Waals surface area contributed by atoms with Gasteiger partial charge >= 0.3 is 0 Å². The summed E-state index contributed by atoms with van der Waals surface area (Å²) < 4.78 is 13.9. The van der Waals surface area contributed by atoms with E-state index in [4.69, 9.17) is 5.73 Å². The Kier molecular flexibility index (Phi) is 3.39. The summed E-state index contributed by atoms with van der Waals surface area (Å²) >= 11 is 3.23. The number of aromatic nitrogens is 1. The number of nitrogens with two attached hydrogens (primary N) is 1. The molecule has 1 heterocycles. The monoisotopic (exact) mass is 246 g/mol. The van der Waals surface area contributed by atoms with E-state index in [0.29, 0.717) is 5.56 Å². The lowest BCUT2D eigenvalue weighted by molar-refractivity contribution is 0.471. The molecule has 1 rings (SSSR count). The van der Waals surface area contributed by atoms with Crippen LogP contribution in [-0.4, -0.2) is 4.98 Å². The van der Waals surface area contributed by atoms with E-state index in [1.54, 1.807) is 6.07 Å². The van der Waals surface area contributed by atoms with E-state index in [1.807, 2.05) is 13.8 Å². The first kappa shape index (κ1) is 10.6. The molecule has 0 saturated carbocycles. The largest absolute Gasteiger partial charge is 0.324 e. The molecule has 0 saturated heterocycles. The number of nitrogens with zero attached hydrogens (tertiary/aromatic N) is 1. The molecule has 1 atom stereocenters. The lowest BCUT2D eigenvalue weighted by Gasteiger charge is -2.16. The minimum absolute atomic E-state index is 0.200. The van der Waals surface area contributed by atoms with Gasteiger partial charge in [-0.2, -0.15) is 4.39 Å². The van der Waals surface area contributed by atoms with Crippen LogP contribution >= 0.6 is 15.9 Å². The first-order valence-corrected chi connectivity index (χ1v) is 4.88. The van der Waals surface area contributed by atoms with Crippen LogP contribution in [0.15, 0.2) is 16.7 Å². The van der Waals surface area contributed by atoms with Crippen molar-refractivity contribution in [2.24, 2.45) is 11.7 Å². The highest BCUT2D eigenvalue weighted by molar-refractivity contribution is 9.10. The fraction of sp³-hybridized carbons (Fsp3) is 0.444. The minimum atomic E-state index is -0.482. The number of hydrogen-bond acceptors (Lipinski definition) is 2. The molecule has 2 N–H and O–H groups in total. The predicted octanol–water partition coefficient (Wildman–Crippen LogP) is 2.64. The highest BCUT2D eigenvalue weighted by Crippen LogP contribution is 2.23. The van der Waals surface area contributed by atoms with Gasteiger partial charge in [-0.25, -0.2) is 4.98 Å². The fourth-order valence-corrected chi connectivity index (χ4v) is 1.38. The molecule has 0 bridgehead atoms. The topological polar surface area (TPSA) is 38.9 Å². The molecule has 0 radical (unpaired) electrons. The molecule has 13 heavy (non-hydrogen) atoms. The average molecular weight is 247 g/mol. The maximum atomic E-state index is 13.2. The van der Waals surface area contributed by atoms with Gasteiger partial charge < -0.3 is 5.73 Å². The van der Waals surface area contributed by atoms with Gasteiger partial charge in [0.05, 0.1) is 0 Å². The highest BCUT2D eigenvalue weighted by Gasteiger charge is 2.15. The first-order valence-electron chi connectivity index (χ1n) is 4.09. The molecular weight excluding hydrogens is 235 g/mol. The van der Waals surface area contributed by atoms with E-state index in [1.165, 1.54) is 6.20 Å². The SMILES string of the molecule is CC(C)[C@@H](N)c1cc(Br)cnc1F. The summed E-state index contributed by atoms with van der Waals surface area (Å²) in [4.78, 5) is 3.59. The van der Waals surface area contributed by atoms with Gasteiger partial charge in [0.15, 0.2) is 0 Å². The summed E-state index contributed by atoms with van der Waals surface area (Å²) in [6.07, 6.45) is 1.42. The third-order valence-electron chi connectivity index (χ3n) is 1.91. The molecule has 0 aliphatic heterocycles. The molecule has 4 heteroatoms. The van der Waals surface area contributed by atoms with Crippen LogP contribution in [0.5, 0.6) is 0 Å². The molecule has 72 valence electrons. The van der Waals surface area contributed by atoms with Crippen molar-refractivity contribution in [3.63, 3.8) is 0 Å². The van der Waals surface area contributed by atoms with E-state index in [-0.39, 0.29) is 12.0 Å². The van der Waals surface area contributed by atoms with Crippen molar-refractivity contribution >= 4 is 15.9 Å². The van der Waals surface area contributed by atoms with E-state index in [2.05, 4.69) is 20.9 Å². The van der Waals surface area contributed by atoms with Crippen molar-refractivity contribution < 1.29 is 4.39 Å². The Morgan fingerprint density at radius 3 is 2.69 bits per heavy atom. The van der Waals surface area contributed by atoms with Crippen LogP contribution in [-0.2, 0) is 0 Å². The molecule has 0 aliphatic rings. The second kappa shape index (κ2) is 4.15. The lowest BCUT2D eigenvalue weighted by Crippen LogP contribution is -2.18. The molecule has 0 spiro atoms. The second-order valence-electron chi connectivity index (χ2n) is 3.30. The van der Waals surface area contributed by atoms with E-state index in [9.17, 15) is 4.39 Å². The quantitative estimate of drug-likeness (QED) is 0.816. The third kappa shape index (κ3) is 2.48. The van der Waals surface area contributed by atoms with Gasteiger partial charge in [0.2, 0.25) is 5.95 Å². The zero-order chi connectivity index (χ0) is 10.0. The molecule has 0 aliphatic carbocycles. The molecule has 2 nitrogen and oxygen atoms in total. The summed E-state index contributed by atoms with van der Waals surface area (Å²) in [6.45, 7) is 3.90. The van der Waals surface area contributed by atoms with Gasteiger partial charge in [0, 0.05) is 22.3 Å². The first-order chi connectivity index (χ1) is 6.02. The summed E-state index contributed by atoms with van der Waals surface area (Å²) in [5.74, 6) is -0.282. The zero-order valence-electron chi connectivity index (χ0n) is 7.59. The smallest absolute Gasteiger partial charge is 0.217 e. The van der Waals surface area contributed by atoms with Crippen LogP contribution in [0.1, 0.15) is 25.5 Å². The third-order valence-corrected chi connectivity index (χ3v) is 2.34. The zero-order valence-corrected chi connectivity index (χ0v) is 9.18. The van der Waals surface area contributed by atoms with Gasteiger partial charge in [-0.15, -0.1) is 0 Å². The maximum Gasteiger partial charge on any atom is 0.217 e. The molecule has 0 amide bonds. The van der Waals surface area contributed by atoms with Crippen molar-refractivity contribution in [2.45, 2.75) is 19.9 Å². The van der Waals surface area contributed by atoms with Crippen LogP contribution in [0.2, 0.25) is 0 Å². The normalized spacial score (nSPS) is 13.4. The number of halogens is 2. The number of hydrogen-bond donors (Lipinski definition) is 1. The Morgan fingerprint density at radius 1 is 1.54 bits per heavy atom. The van der Waals surface area contributed by atoms with Crippen molar-refractivity contribution in [2.75, 3.05) is 0 Å². The Bertz CT molecular complexity index is 302. The summed E-state index contributed by atoms with van der Waals surface area (Å²) in [5.41, 5.74) is 6.27. The fourth-order valence-electron chi connectivity index (χ4n) is 1.03. The van der Waals surface area contributed by atoms with E-state index < -0.39 is 5.95 Å². The maximum absolute atomic E-state index is 13.2. The minimum Gasteiger partial charge on any atom is -0.324 e. The van der Waals surface area contributed by atoms with E-state index in [0.717, 1.165) is 4.47 Å². The second-order valence-corrected chi connectivity index (χ2v) is 4.22. The van der Waals surface area contributed by atoms with Gasteiger partial charge in [-0.3, -0.25) is 0 Å². The number of pyridine rings is 1. The number of rotatable bonds is 2. The van der Waals surface area contributed by atoms with Crippen molar-refractivity contribution in [3.05, 3.63) is 28.2 Å². The summed E-state index contributed by atoms with van der Waals surface area (Å²) in [6, 6.07) is 1.37. The molecule has 0 unspecified atom stereocenters. The molecule has 1 aromatic heterocycles. The molecule has 0 aromatic carbocycles. The molecule has 1 aromatic rings. The van der Waals surface area contributed by atoms with Crippen LogP contribution in [0, 0.1) is 11.9 Å². The van der Waals surface area contributed by atoms with Crippen LogP contribution in [0.25, 0.3) is 0 Å². The Hall–Kier alpha value is -0.480. The summed E-state index contributed by atoms with van der Waals surface area (Å²) in [7, 11) is 0. The van der Waals surface area contributed by atoms with Crippen molar-refractivity contribution in [3.8, 4) is 0 Å².